The van der Waals surface area contributed by atoms with E-state index in [0.717, 1.165) is 12.8 Å². The Morgan fingerprint density at radius 1 is 1.04 bits per heavy atom. The first-order valence-corrected chi connectivity index (χ1v) is 9.78. The van der Waals surface area contributed by atoms with Crippen LogP contribution in [0.1, 0.15) is 40.5 Å². The zero-order valence-electron chi connectivity index (χ0n) is 17.2. The van der Waals surface area contributed by atoms with Gasteiger partial charge in [0.05, 0.1) is 13.2 Å². The predicted molar refractivity (Wildman–Crippen MR) is 100 cm³/mol. The maximum atomic E-state index is 12.4. The van der Waals surface area contributed by atoms with Crippen LogP contribution in [0.2, 0.25) is 0 Å². The highest BCUT2D eigenvalue weighted by molar-refractivity contribution is 5.94. The molecule has 0 aromatic rings. The van der Waals surface area contributed by atoms with Crippen molar-refractivity contribution in [3.8, 4) is 0 Å². The minimum absolute atomic E-state index is 0.0233. The Hall–Kier alpha value is -2.32. The Kier molecular flexibility index (Phi) is 7.26. The minimum atomic E-state index is -0.524. The molecule has 3 amide bonds. The largest absolute Gasteiger partial charge is 0.465 e. The number of carbonyl (C=O) groups is 4. The SMILES string of the molecule is CCOC(=O)CN1CC(=O)N(CC2CCN(C(=O)OC(C)(C)C)CC2)CC1=O. The van der Waals surface area contributed by atoms with Crippen LogP contribution in [-0.4, -0.2) is 90.1 Å². The molecule has 0 saturated carbocycles. The summed E-state index contributed by atoms with van der Waals surface area (Å²) in [5.41, 5.74) is -0.524. The third kappa shape index (κ3) is 6.38. The first-order valence-electron chi connectivity index (χ1n) is 9.78. The van der Waals surface area contributed by atoms with Gasteiger partial charge in [-0.15, -0.1) is 0 Å². The maximum absolute atomic E-state index is 12.4. The van der Waals surface area contributed by atoms with Crippen LogP contribution in [0.5, 0.6) is 0 Å². The number of hydrogen-bond donors (Lipinski definition) is 0. The van der Waals surface area contributed by atoms with Crippen molar-refractivity contribution in [1.29, 1.82) is 0 Å². The van der Waals surface area contributed by atoms with Crippen molar-refractivity contribution in [1.82, 2.24) is 14.7 Å². The molecular weight excluding hydrogens is 366 g/mol. The van der Waals surface area contributed by atoms with Crippen molar-refractivity contribution in [3.63, 3.8) is 0 Å². The van der Waals surface area contributed by atoms with Gasteiger partial charge in [0, 0.05) is 19.6 Å². The van der Waals surface area contributed by atoms with Gasteiger partial charge in [0.25, 0.3) is 0 Å². The summed E-state index contributed by atoms with van der Waals surface area (Å²) in [4.78, 5) is 52.8. The molecule has 0 radical (unpaired) electrons. The van der Waals surface area contributed by atoms with Crippen molar-refractivity contribution in [2.45, 2.75) is 46.1 Å². The molecule has 9 nitrogen and oxygen atoms in total. The minimum Gasteiger partial charge on any atom is -0.465 e. The van der Waals surface area contributed by atoms with Crippen LogP contribution in [0.25, 0.3) is 0 Å². The van der Waals surface area contributed by atoms with Crippen LogP contribution in [-0.2, 0) is 23.9 Å². The van der Waals surface area contributed by atoms with Crippen molar-refractivity contribution in [2.24, 2.45) is 5.92 Å². The van der Waals surface area contributed by atoms with E-state index in [2.05, 4.69) is 0 Å². The van der Waals surface area contributed by atoms with Gasteiger partial charge in [-0.3, -0.25) is 14.4 Å². The first-order chi connectivity index (χ1) is 13.1. The van der Waals surface area contributed by atoms with Gasteiger partial charge in [0.2, 0.25) is 11.8 Å². The van der Waals surface area contributed by atoms with Crippen molar-refractivity contribution < 1.29 is 28.7 Å². The van der Waals surface area contributed by atoms with Gasteiger partial charge < -0.3 is 24.2 Å². The topological polar surface area (TPSA) is 96.5 Å². The van der Waals surface area contributed by atoms with Gasteiger partial charge in [-0.05, 0) is 46.5 Å². The summed E-state index contributed by atoms with van der Waals surface area (Å²) >= 11 is 0. The van der Waals surface area contributed by atoms with Crippen molar-refractivity contribution in [3.05, 3.63) is 0 Å². The van der Waals surface area contributed by atoms with Crippen LogP contribution in [0.3, 0.4) is 0 Å². The van der Waals surface area contributed by atoms with Crippen LogP contribution in [0.4, 0.5) is 4.79 Å². The van der Waals surface area contributed by atoms with E-state index in [1.54, 1.807) is 16.7 Å². The second-order valence-corrected chi connectivity index (χ2v) is 8.24. The predicted octanol–water partition coefficient (Wildman–Crippen LogP) is 0.867. The fraction of sp³-hybridized carbons (Fsp3) is 0.789. The molecule has 9 heteroatoms. The lowest BCUT2D eigenvalue weighted by Crippen LogP contribution is -2.56. The molecule has 2 rings (SSSR count). The van der Waals surface area contributed by atoms with Gasteiger partial charge in [-0.25, -0.2) is 4.79 Å². The number of carbonyl (C=O) groups excluding carboxylic acids is 4. The summed E-state index contributed by atoms with van der Waals surface area (Å²) in [6, 6.07) is 0. The monoisotopic (exact) mass is 397 g/mol. The van der Waals surface area contributed by atoms with E-state index in [4.69, 9.17) is 9.47 Å². The van der Waals surface area contributed by atoms with Crippen molar-refractivity contribution in [2.75, 3.05) is 45.9 Å². The van der Waals surface area contributed by atoms with Crippen LogP contribution in [0.15, 0.2) is 0 Å². The van der Waals surface area contributed by atoms with E-state index in [9.17, 15) is 19.2 Å². The number of esters is 1. The smallest absolute Gasteiger partial charge is 0.410 e. The van der Waals surface area contributed by atoms with E-state index in [-0.39, 0.29) is 50.1 Å². The lowest BCUT2D eigenvalue weighted by Gasteiger charge is -2.38. The number of nitrogens with zero attached hydrogens (tertiary/aromatic N) is 3. The van der Waals surface area contributed by atoms with Gasteiger partial charge >= 0.3 is 12.1 Å². The van der Waals surface area contributed by atoms with Crippen LogP contribution >= 0.6 is 0 Å². The van der Waals surface area contributed by atoms with E-state index in [1.807, 2.05) is 20.8 Å². The quantitative estimate of drug-likeness (QED) is 0.639. The van der Waals surface area contributed by atoms with Gasteiger partial charge in [0.15, 0.2) is 0 Å². The molecule has 2 fully saturated rings. The van der Waals surface area contributed by atoms with E-state index >= 15 is 0 Å². The van der Waals surface area contributed by atoms with Gasteiger partial charge in [-0.2, -0.15) is 0 Å². The summed E-state index contributed by atoms with van der Waals surface area (Å²) in [7, 11) is 0. The molecule has 0 atom stereocenters. The van der Waals surface area contributed by atoms with Crippen LogP contribution in [0, 0.1) is 5.92 Å². The highest BCUT2D eigenvalue weighted by Crippen LogP contribution is 2.21. The summed E-state index contributed by atoms with van der Waals surface area (Å²) in [6.45, 7) is 8.75. The lowest BCUT2D eigenvalue weighted by molar-refractivity contribution is -0.156. The molecule has 28 heavy (non-hydrogen) atoms. The summed E-state index contributed by atoms with van der Waals surface area (Å²) < 4.78 is 10.2. The second-order valence-electron chi connectivity index (χ2n) is 8.24. The van der Waals surface area contributed by atoms with Crippen molar-refractivity contribution >= 4 is 23.9 Å². The Labute approximate surface area is 165 Å². The average Bonchev–Trinajstić information content (AvgIpc) is 2.58. The number of amides is 3. The third-order valence-corrected chi connectivity index (χ3v) is 4.73. The Balaban J connectivity index is 1.79. The zero-order valence-corrected chi connectivity index (χ0v) is 17.2. The second kappa shape index (κ2) is 9.25. The standard InChI is InChI=1S/C19H31N3O6/c1-5-27-17(25)13-22-12-15(23)21(11-16(22)24)10-14-6-8-20(9-7-14)18(26)28-19(2,3)4/h14H,5-13H2,1-4H3. The summed E-state index contributed by atoms with van der Waals surface area (Å²) in [5.74, 6) is -0.698. The summed E-state index contributed by atoms with van der Waals surface area (Å²) in [5, 5.41) is 0. The lowest BCUT2D eigenvalue weighted by atomic mass is 9.96. The fourth-order valence-corrected chi connectivity index (χ4v) is 3.31. The Morgan fingerprint density at radius 2 is 1.61 bits per heavy atom. The number of hydrogen-bond acceptors (Lipinski definition) is 6. The number of piperazine rings is 1. The maximum Gasteiger partial charge on any atom is 0.410 e. The highest BCUT2D eigenvalue weighted by atomic mass is 16.6. The molecule has 0 bridgehead atoms. The molecule has 0 aliphatic carbocycles. The number of likely N-dealkylation sites (tertiary alicyclic amines) is 1. The van der Waals surface area contributed by atoms with E-state index < -0.39 is 11.6 Å². The molecule has 158 valence electrons. The Morgan fingerprint density at radius 3 is 2.18 bits per heavy atom. The van der Waals surface area contributed by atoms with E-state index in [1.165, 1.54) is 4.90 Å². The third-order valence-electron chi connectivity index (χ3n) is 4.73. The number of rotatable bonds is 5. The summed E-state index contributed by atoms with van der Waals surface area (Å²) in [6.07, 6.45) is 1.19. The highest BCUT2D eigenvalue weighted by Gasteiger charge is 2.34. The molecule has 0 spiro atoms. The Bertz CT molecular complexity index is 607. The molecule has 0 aromatic carbocycles. The normalized spacial score (nSPS) is 19.1. The molecule has 2 heterocycles. The number of ether oxygens (including phenoxy) is 2. The number of piperidine rings is 1. The van der Waals surface area contributed by atoms with Gasteiger partial charge in [-0.1, -0.05) is 0 Å². The fourth-order valence-electron chi connectivity index (χ4n) is 3.31. The van der Waals surface area contributed by atoms with E-state index in [0.29, 0.717) is 19.6 Å². The molecule has 0 N–H and O–H groups in total. The first kappa shape index (κ1) is 22.0. The average molecular weight is 397 g/mol. The molecular formula is C19H31N3O6. The van der Waals surface area contributed by atoms with Crippen LogP contribution < -0.4 is 0 Å². The zero-order chi connectivity index (χ0) is 20.9. The molecule has 0 unspecified atom stereocenters. The molecule has 2 aliphatic rings. The van der Waals surface area contributed by atoms with Gasteiger partial charge in [0.1, 0.15) is 18.7 Å². The molecule has 0 aromatic heterocycles. The molecule has 2 aliphatic heterocycles. The molecule has 2 saturated heterocycles.